The Balaban J connectivity index is 1.75. The van der Waals surface area contributed by atoms with Crippen LogP contribution >= 0.6 is 0 Å². The van der Waals surface area contributed by atoms with Crippen molar-refractivity contribution in [3.63, 3.8) is 0 Å². The van der Waals surface area contributed by atoms with E-state index in [2.05, 4.69) is 10.3 Å². The minimum atomic E-state index is -0.0130. The molecule has 2 N–H and O–H groups in total. The lowest BCUT2D eigenvalue weighted by Crippen LogP contribution is -2.40. The summed E-state index contributed by atoms with van der Waals surface area (Å²) in [5.74, 6) is -0.0130. The number of aliphatic hydroxyl groups excluding tert-OH is 1. The summed E-state index contributed by atoms with van der Waals surface area (Å²) < 4.78 is 0. The van der Waals surface area contributed by atoms with Crippen LogP contribution in [0.5, 0.6) is 0 Å². The molecule has 18 heavy (non-hydrogen) atoms. The van der Waals surface area contributed by atoms with Crippen LogP contribution in [0.4, 0.5) is 0 Å². The molecule has 0 bridgehead atoms. The lowest BCUT2D eigenvalue weighted by Gasteiger charge is -2.21. The number of pyridine rings is 1. The fourth-order valence-electron chi connectivity index (χ4n) is 2.24. The van der Waals surface area contributed by atoms with E-state index in [-0.39, 0.29) is 18.6 Å². The molecule has 1 aromatic rings. The first-order valence-electron chi connectivity index (χ1n) is 6.31. The van der Waals surface area contributed by atoms with Gasteiger partial charge < -0.3 is 10.4 Å². The zero-order valence-electron chi connectivity index (χ0n) is 10.4. The maximum Gasteiger partial charge on any atom is 0.234 e. The number of rotatable bonds is 5. The van der Waals surface area contributed by atoms with Crippen molar-refractivity contribution >= 4 is 5.91 Å². The quantitative estimate of drug-likeness (QED) is 0.780. The van der Waals surface area contributed by atoms with E-state index in [1.54, 1.807) is 6.20 Å². The molecule has 2 rings (SSSR count). The Kier molecular flexibility index (Phi) is 4.66. The molecule has 0 spiro atoms. The average molecular weight is 249 g/mol. The van der Waals surface area contributed by atoms with Gasteiger partial charge in [-0.3, -0.25) is 14.7 Å². The third kappa shape index (κ3) is 3.51. The highest BCUT2D eigenvalue weighted by molar-refractivity contribution is 5.78. The summed E-state index contributed by atoms with van der Waals surface area (Å²) in [5, 5.41) is 12.0. The van der Waals surface area contributed by atoms with Crippen molar-refractivity contribution < 1.29 is 9.90 Å². The topological polar surface area (TPSA) is 65.5 Å². The lowest BCUT2D eigenvalue weighted by molar-refractivity contribution is -0.122. The van der Waals surface area contributed by atoms with E-state index >= 15 is 0 Å². The number of nitrogens with zero attached hydrogens (tertiary/aromatic N) is 2. The molecule has 0 unspecified atom stereocenters. The van der Waals surface area contributed by atoms with Crippen LogP contribution in [-0.2, 0) is 11.3 Å². The number of hydrogen-bond acceptors (Lipinski definition) is 4. The first kappa shape index (κ1) is 13.0. The molecule has 5 heteroatoms. The zero-order chi connectivity index (χ0) is 12.8. The summed E-state index contributed by atoms with van der Waals surface area (Å²) in [4.78, 5) is 18.0. The number of amides is 1. The largest absolute Gasteiger partial charge is 0.395 e. The van der Waals surface area contributed by atoms with E-state index in [0.717, 1.165) is 25.1 Å². The predicted octanol–water partition coefficient (Wildman–Crippen LogP) is 0.155. The Bertz CT molecular complexity index is 383. The van der Waals surface area contributed by atoms with Gasteiger partial charge in [0.2, 0.25) is 5.91 Å². The van der Waals surface area contributed by atoms with Gasteiger partial charge >= 0.3 is 0 Å². The lowest BCUT2D eigenvalue weighted by atomic mass is 10.2. The summed E-state index contributed by atoms with van der Waals surface area (Å²) in [7, 11) is 0. The Morgan fingerprint density at radius 1 is 1.56 bits per heavy atom. The van der Waals surface area contributed by atoms with Crippen molar-refractivity contribution in [2.24, 2.45) is 0 Å². The third-order valence-corrected chi connectivity index (χ3v) is 3.25. The molecule has 1 amide bonds. The van der Waals surface area contributed by atoms with Crippen LogP contribution in [0.2, 0.25) is 0 Å². The summed E-state index contributed by atoms with van der Waals surface area (Å²) in [6.07, 6.45) is 3.74. The summed E-state index contributed by atoms with van der Waals surface area (Å²) in [6.45, 7) is 1.84. The van der Waals surface area contributed by atoms with Crippen LogP contribution < -0.4 is 5.32 Å². The van der Waals surface area contributed by atoms with Crippen molar-refractivity contribution in [3.8, 4) is 0 Å². The molecule has 1 fully saturated rings. The molecule has 98 valence electrons. The first-order chi connectivity index (χ1) is 8.79. The minimum Gasteiger partial charge on any atom is -0.395 e. The molecule has 1 aromatic heterocycles. The van der Waals surface area contributed by atoms with Crippen LogP contribution in [0.1, 0.15) is 18.5 Å². The first-order valence-corrected chi connectivity index (χ1v) is 6.31. The Hall–Kier alpha value is -1.46. The van der Waals surface area contributed by atoms with Crippen LogP contribution in [0, 0.1) is 0 Å². The van der Waals surface area contributed by atoms with Gasteiger partial charge in [0, 0.05) is 12.2 Å². The van der Waals surface area contributed by atoms with E-state index in [0.29, 0.717) is 13.1 Å². The summed E-state index contributed by atoms with van der Waals surface area (Å²) >= 11 is 0. The van der Waals surface area contributed by atoms with E-state index in [1.807, 2.05) is 23.1 Å². The average Bonchev–Trinajstić information content (AvgIpc) is 2.85. The van der Waals surface area contributed by atoms with Crippen LogP contribution in [0.3, 0.4) is 0 Å². The molecule has 5 nitrogen and oxygen atoms in total. The van der Waals surface area contributed by atoms with Crippen molar-refractivity contribution in [2.75, 3.05) is 19.7 Å². The maximum absolute atomic E-state index is 11.8. The molecule has 1 atom stereocenters. The van der Waals surface area contributed by atoms with E-state index in [4.69, 9.17) is 0 Å². The Morgan fingerprint density at radius 3 is 3.17 bits per heavy atom. The standard InChI is InChI=1S/C13H19N3O2/c17-10-12-5-3-7-16(12)9-13(18)15-8-11-4-1-2-6-14-11/h1-2,4,6,12,17H,3,5,7-10H2,(H,15,18)/t12-/m0/s1. The fourth-order valence-corrected chi connectivity index (χ4v) is 2.24. The van der Waals surface area contributed by atoms with E-state index < -0.39 is 0 Å². The van der Waals surface area contributed by atoms with Crippen molar-refractivity contribution in [2.45, 2.75) is 25.4 Å². The molecule has 0 saturated carbocycles. The monoisotopic (exact) mass is 249 g/mol. The number of likely N-dealkylation sites (tertiary alicyclic amines) is 1. The molecule has 1 aliphatic rings. The SMILES string of the molecule is O=C(CN1CCC[C@H]1CO)NCc1ccccn1. The smallest absolute Gasteiger partial charge is 0.234 e. The molecule has 0 aliphatic carbocycles. The molecular weight excluding hydrogens is 230 g/mol. The number of carbonyl (C=O) groups is 1. The third-order valence-electron chi connectivity index (χ3n) is 3.25. The Morgan fingerprint density at radius 2 is 2.44 bits per heavy atom. The summed E-state index contributed by atoms with van der Waals surface area (Å²) in [6, 6.07) is 5.77. The second-order valence-corrected chi connectivity index (χ2v) is 4.55. The van der Waals surface area contributed by atoms with Gasteiger partial charge in [-0.1, -0.05) is 6.07 Å². The van der Waals surface area contributed by atoms with Crippen LogP contribution in [0.15, 0.2) is 24.4 Å². The number of aromatic nitrogens is 1. The molecular formula is C13H19N3O2. The zero-order valence-corrected chi connectivity index (χ0v) is 10.4. The number of aliphatic hydroxyl groups is 1. The van der Waals surface area contributed by atoms with Gasteiger partial charge in [-0.25, -0.2) is 0 Å². The van der Waals surface area contributed by atoms with Crippen molar-refractivity contribution in [3.05, 3.63) is 30.1 Å². The number of nitrogens with one attached hydrogen (secondary N) is 1. The second kappa shape index (κ2) is 6.47. The van der Waals surface area contributed by atoms with Crippen LogP contribution in [-0.4, -0.2) is 46.6 Å². The normalized spacial score (nSPS) is 19.9. The molecule has 0 aromatic carbocycles. The highest BCUT2D eigenvalue weighted by Gasteiger charge is 2.25. The van der Waals surface area contributed by atoms with Gasteiger partial charge in [-0.15, -0.1) is 0 Å². The highest BCUT2D eigenvalue weighted by Crippen LogP contribution is 2.15. The second-order valence-electron chi connectivity index (χ2n) is 4.55. The number of hydrogen-bond donors (Lipinski definition) is 2. The van der Waals surface area contributed by atoms with Gasteiger partial charge in [0.1, 0.15) is 0 Å². The minimum absolute atomic E-state index is 0.0130. The van der Waals surface area contributed by atoms with E-state index in [9.17, 15) is 9.90 Å². The Labute approximate surface area is 107 Å². The molecule has 2 heterocycles. The molecule has 1 aliphatic heterocycles. The van der Waals surface area contributed by atoms with E-state index in [1.165, 1.54) is 0 Å². The van der Waals surface area contributed by atoms with Crippen molar-refractivity contribution in [1.82, 2.24) is 15.2 Å². The summed E-state index contributed by atoms with van der Waals surface area (Å²) in [5.41, 5.74) is 0.853. The van der Waals surface area contributed by atoms with Gasteiger partial charge in [-0.05, 0) is 31.5 Å². The van der Waals surface area contributed by atoms with Crippen LogP contribution in [0.25, 0.3) is 0 Å². The maximum atomic E-state index is 11.8. The van der Waals surface area contributed by atoms with Gasteiger partial charge in [-0.2, -0.15) is 0 Å². The molecule has 0 radical (unpaired) electrons. The van der Waals surface area contributed by atoms with Gasteiger partial charge in [0.25, 0.3) is 0 Å². The highest BCUT2D eigenvalue weighted by atomic mass is 16.3. The number of carbonyl (C=O) groups excluding carboxylic acids is 1. The fraction of sp³-hybridized carbons (Fsp3) is 0.538. The van der Waals surface area contributed by atoms with Gasteiger partial charge in [0.15, 0.2) is 0 Å². The predicted molar refractivity (Wildman–Crippen MR) is 67.8 cm³/mol. The van der Waals surface area contributed by atoms with Gasteiger partial charge in [0.05, 0.1) is 25.4 Å². The molecule has 1 saturated heterocycles. The van der Waals surface area contributed by atoms with Crippen molar-refractivity contribution in [1.29, 1.82) is 0 Å².